The first-order valence-corrected chi connectivity index (χ1v) is 8.24. The van der Waals surface area contributed by atoms with Crippen LogP contribution in [0.5, 0.6) is 0 Å². The SMILES string of the molecule is c1ccc(N=c2cc(-c3ccccc3)cc(-c3ccccc3)o2)cc1. The standard InChI is InChI=1S/C23H17NO/c1-4-10-18(11-5-1)20-16-22(19-12-6-2-7-13-19)25-23(17-20)24-21-14-8-3-9-15-21/h1-17H. The maximum atomic E-state index is 6.06. The molecule has 3 aromatic carbocycles. The Morgan fingerprint density at radius 3 is 1.72 bits per heavy atom. The van der Waals surface area contributed by atoms with Crippen LogP contribution in [0, 0.1) is 0 Å². The molecular weight excluding hydrogens is 306 g/mol. The van der Waals surface area contributed by atoms with E-state index in [0.29, 0.717) is 5.55 Å². The predicted octanol–water partition coefficient (Wildman–Crippen LogP) is 5.85. The van der Waals surface area contributed by atoms with Crippen LogP contribution in [0.15, 0.2) is 113 Å². The number of para-hydroxylation sites is 1. The minimum absolute atomic E-state index is 0.589. The summed E-state index contributed by atoms with van der Waals surface area (Å²) in [6.45, 7) is 0. The number of nitrogens with zero attached hydrogens (tertiary/aromatic N) is 1. The van der Waals surface area contributed by atoms with Crippen molar-refractivity contribution in [2.75, 3.05) is 0 Å². The fourth-order valence-electron chi connectivity index (χ4n) is 2.71. The van der Waals surface area contributed by atoms with Crippen LogP contribution >= 0.6 is 0 Å². The van der Waals surface area contributed by atoms with Gasteiger partial charge in [0.2, 0.25) is 5.55 Å². The third-order valence-corrected chi connectivity index (χ3v) is 3.94. The Bertz CT molecular complexity index is 959. The van der Waals surface area contributed by atoms with Gasteiger partial charge in [-0.3, -0.25) is 0 Å². The van der Waals surface area contributed by atoms with Crippen molar-refractivity contribution in [1.82, 2.24) is 0 Å². The van der Waals surface area contributed by atoms with Gasteiger partial charge in [0.15, 0.2) is 0 Å². The van der Waals surface area contributed by atoms with E-state index in [0.717, 1.165) is 28.1 Å². The molecule has 0 amide bonds. The molecule has 0 N–H and O–H groups in total. The molecular formula is C23H17NO. The average molecular weight is 323 g/mol. The maximum absolute atomic E-state index is 6.06. The molecule has 120 valence electrons. The molecule has 0 saturated heterocycles. The Morgan fingerprint density at radius 1 is 0.520 bits per heavy atom. The molecule has 0 spiro atoms. The molecule has 4 rings (SSSR count). The van der Waals surface area contributed by atoms with E-state index in [4.69, 9.17) is 4.42 Å². The fourth-order valence-corrected chi connectivity index (χ4v) is 2.71. The lowest BCUT2D eigenvalue weighted by Crippen LogP contribution is -2.01. The van der Waals surface area contributed by atoms with Crippen molar-refractivity contribution in [3.8, 4) is 22.5 Å². The molecule has 0 fully saturated rings. The Kier molecular flexibility index (Phi) is 4.25. The summed E-state index contributed by atoms with van der Waals surface area (Å²) >= 11 is 0. The summed E-state index contributed by atoms with van der Waals surface area (Å²) < 4.78 is 6.06. The third-order valence-electron chi connectivity index (χ3n) is 3.94. The summed E-state index contributed by atoms with van der Waals surface area (Å²) in [5.74, 6) is 0.802. The third kappa shape index (κ3) is 3.59. The van der Waals surface area contributed by atoms with Gasteiger partial charge < -0.3 is 4.42 Å². The van der Waals surface area contributed by atoms with E-state index < -0.39 is 0 Å². The van der Waals surface area contributed by atoms with Gasteiger partial charge in [0.05, 0.1) is 5.69 Å². The van der Waals surface area contributed by atoms with Gasteiger partial charge in [0.25, 0.3) is 0 Å². The Hall–Kier alpha value is -3.39. The minimum Gasteiger partial charge on any atom is -0.438 e. The van der Waals surface area contributed by atoms with Gasteiger partial charge in [0, 0.05) is 11.6 Å². The second kappa shape index (κ2) is 7.02. The van der Waals surface area contributed by atoms with E-state index >= 15 is 0 Å². The number of hydrogen-bond donors (Lipinski definition) is 0. The largest absolute Gasteiger partial charge is 0.438 e. The molecule has 0 bridgehead atoms. The van der Waals surface area contributed by atoms with Crippen molar-refractivity contribution in [3.05, 3.63) is 109 Å². The van der Waals surface area contributed by atoms with E-state index in [-0.39, 0.29) is 0 Å². The number of benzene rings is 3. The topological polar surface area (TPSA) is 25.5 Å². The first-order valence-electron chi connectivity index (χ1n) is 8.24. The van der Waals surface area contributed by atoms with E-state index in [9.17, 15) is 0 Å². The highest BCUT2D eigenvalue weighted by Crippen LogP contribution is 2.24. The van der Waals surface area contributed by atoms with Crippen molar-refractivity contribution < 1.29 is 4.42 Å². The van der Waals surface area contributed by atoms with Gasteiger partial charge in [-0.05, 0) is 29.3 Å². The highest BCUT2D eigenvalue weighted by atomic mass is 16.3. The number of rotatable bonds is 3. The van der Waals surface area contributed by atoms with Crippen molar-refractivity contribution in [2.45, 2.75) is 0 Å². The van der Waals surface area contributed by atoms with Crippen LogP contribution in [-0.2, 0) is 0 Å². The lowest BCUT2D eigenvalue weighted by molar-refractivity contribution is 0.512. The van der Waals surface area contributed by atoms with Gasteiger partial charge >= 0.3 is 0 Å². The predicted molar refractivity (Wildman–Crippen MR) is 101 cm³/mol. The summed E-state index contributed by atoms with van der Waals surface area (Å²) in [7, 11) is 0. The van der Waals surface area contributed by atoms with E-state index in [1.165, 1.54) is 0 Å². The zero-order valence-corrected chi connectivity index (χ0v) is 13.7. The molecule has 0 aliphatic heterocycles. The normalized spacial score (nSPS) is 11.4. The molecule has 2 nitrogen and oxygen atoms in total. The summed E-state index contributed by atoms with van der Waals surface area (Å²) in [6.07, 6.45) is 0. The molecule has 2 heteroatoms. The van der Waals surface area contributed by atoms with Crippen LogP contribution in [0.25, 0.3) is 22.5 Å². The van der Waals surface area contributed by atoms with Gasteiger partial charge in [-0.15, -0.1) is 0 Å². The highest BCUT2D eigenvalue weighted by Gasteiger charge is 2.05. The van der Waals surface area contributed by atoms with Crippen molar-refractivity contribution >= 4 is 5.69 Å². The summed E-state index contributed by atoms with van der Waals surface area (Å²) in [5.41, 5.74) is 4.71. The van der Waals surface area contributed by atoms with E-state index in [1.807, 2.05) is 84.9 Å². The second-order valence-corrected chi connectivity index (χ2v) is 5.73. The zero-order valence-electron chi connectivity index (χ0n) is 13.7. The fraction of sp³-hybridized carbons (Fsp3) is 0. The molecule has 0 saturated carbocycles. The molecule has 0 aliphatic rings. The number of hydrogen-bond acceptors (Lipinski definition) is 2. The van der Waals surface area contributed by atoms with Crippen molar-refractivity contribution in [2.24, 2.45) is 4.99 Å². The van der Waals surface area contributed by atoms with Crippen LogP contribution in [0.2, 0.25) is 0 Å². The first kappa shape index (κ1) is 15.2. The quantitative estimate of drug-likeness (QED) is 0.464. The lowest BCUT2D eigenvalue weighted by atomic mass is 10.0. The molecule has 25 heavy (non-hydrogen) atoms. The Balaban J connectivity index is 1.91. The Morgan fingerprint density at radius 2 is 1.08 bits per heavy atom. The van der Waals surface area contributed by atoms with Gasteiger partial charge in [-0.25, -0.2) is 4.99 Å². The lowest BCUT2D eigenvalue weighted by Gasteiger charge is -2.06. The molecule has 0 atom stereocenters. The van der Waals surface area contributed by atoms with Crippen molar-refractivity contribution in [3.63, 3.8) is 0 Å². The van der Waals surface area contributed by atoms with Crippen LogP contribution in [0.3, 0.4) is 0 Å². The summed E-state index contributed by atoms with van der Waals surface area (Å²) in [4.78, 5) is 4.65. The molecule has 4 aromatic rings. The second-order valence-electron chi connectivity index (χ2n) is 5.73. The summed E-state index contributed by atoms with van der Waals surface area (Å²) in [6, 6.07) is 34.3. The van der Waals surface area contributed by atoms with Crippen LogP contribution in [-0.4, -0.2) is 0 Å². The van der Waals surface area contributed by atoms with Gasteiger partial charge in [-0.2, -0.15) is 0 Å². The van der Waals surface area contributed by atoms with Gasteiger partial charge in [0.1, 0.15) is 5.76 Å². The highest BCUT2D eigenvalue weighted by molar-refractivity contribution is 5.69. The van der Waals surface area contributed by atoms with E-state index in [2.05, 4.69) is 23.2 Å². The molecule has 0 aliphatic carbocycles. The minimum atomic E-state index is 0.589. The molecule has 1 aromatic heterocycles. The van der Waals surface area contributed by atoms with Crippen LogP contribution < -0.4 is 5.55 Å². The smallest absolute Gasteiger partial charge is 0.220 e. The molecule has 0 unspecified atom stereocenters. The van der Waals surface area contributed by atoms with Crippen molar-refractivity contribution in [1.29, 1.82) is 0 Å². The Labute approximate surface area is 146 Å². The van der Waals surface area contributed by atoms with Crippen LogP contribution in [0.1, 0.15) is 0 Å². The average Bonchev–Trinajstić information content (AvgIpc) is 2.70. The summed E-state index contributed by atoms with van der Waals surface area (Å²) in [5, 5.41) is 0. The van der Waals surface area contributed by atoms with Gasteiger partial charge in [-0.1, -0.05) is 78.9 Å². The maximum Gasteiger partial charge on any atom is 0.220 e. The molecule has 1 heterocycles. The molecule has 0 radical (unpaired) electrons. The van der Waals surface area contributed by atoms with Crippen LogP contribution in [0.4, 0.5) is 5.69 Å². The zero-order chi connectivity index (χ0) is 16.9. The van der Waals surface area contributed by atoms with E-state index in [1.54, 1.807) is 0 Å². The first-order chi connectivity index (χ1) is 12.4. The monoisotopic (exact) mass is 323 g/mol.